The molecule has 1 atom stereocenters. The van der Waals surface area contributed by atoms with Crippen LogP contribution in [0.3, 0.4) is 0 Å². The van der Waals surface area contributed by atoms with Crippen LogP contribution >= 0.6 is 0 Å². The van der Waals surface area contributed by atoms with Gasteiger partial charge in [0.1, 0.15) is 11.4 Å². The SMILES string of the molecule is CCCCCCC1(C)NC(=O)N(Cc2cccc(F)c2)C1=O. The third kappa shape index (κ3) is 3.64. The van der Waals surface area contributed by atoms with Crippen LogP contribution < -0.4 is 5.32 Å². The van der Waals surface area contributed by atoms with E-state index in [1.807, 2.05) is 0 Å². The number of benzene rings is 1. The van der Waals surface area contributed by atoms with E-state index in [0.29, 0.717) is 12.0 Å². The Kier molecular flexibility index (Phi) is 5.16. The molecule has 1 aliphatic heterocycles. The average molecular weight is 306 g/mol. The molecule has 1 heterocycles. The van der Waals surface area contributed by atoms with Crippen molar-refractivity contribution in [2.45, 2.75) is 58.0 Å². The lowest BCUT2D eigenvalue weighted by Gasteiger charge is -2.21. The first kappa shape index (κ1) is 16.5. The number of halogens is 1. The summed E-state index contributed by atoms with van der Waals surface area (Å²) >= 11 is 0. The minimum atomic E-state index is -0.835. The first-order chi connectivity index (χ1) is 10.5. The van der Waals surface area contributed by atoms with Crippen LogP contribution in [0.15, 0.2) is 24.3 Å². The molecule has 1 fully saturated rings. The first-order valence-electron chi connectivity index (χ1n) is 7.85. The summed E-state index contributed by atoms with van der Waals surface area (Å²) in [6.07, 6.45) is 4.86. The Bertz CT molecular complexity index is 561. The zero-order valence-electron chi connectivity index (χ0n) is 13.2. The number of unbranched alkanes of at least 4 members (excludes halogenated alkanes) is 3. The molecule has 120 valence electrons. The zero-order valence-corrected chi connectivity index (χ0v) is 13.2. The van der Waals surface area contributed by atoms with Crippen molar-refractivity contribution in [1.82, 2.24) is 10.2 Å². The van der Waals surface area contributed by atoms with Crippen LogP contribution in [0.1, 0.15) is 51.5 Å². The topological polar surface area (TPSA) is 49.4 Å². The Morgan fingerprint density at radius 3 is 2.68 bits per heavy atom. The number of urea groups is 1. The van der Waals surface area contributed by atoms with Gasteiger partial charge in [0.25, 0.3) is 5.91 Å². The molecule has 1 aromatic rings. The smallest absolute Gasteiger partial charge is 0.323 e. The monoisotopic (exact) mass is 306 g/mol. The summed E-state index contributed by atoms with van der Waals surface area (Å²) < 4.78 is 13.2. The van der Waals surface area contributed by atoms with Gasteiger partial charge in [-0.1, -0.05) is 44.7 Å². The highest BCUT2D eigenvalue weighted by Crippen LogP contribution is 2.25. The fourth-order valence-corrected chi connectivity index (χ4v) is 2.78. The molecule has 1 N–H and O–H groups in total. The molecular formula is C17H23FN2O2. The molecule has 0 spiro atoms. The fourth-order valence-electron chi connectivity index (χ4n) is 2.78. The summed E-state index contributed by atoms with van der Waals surface area (Å²) in [5.41, 5.74) is -0.225. The number of hydrogen-bond donors (Lipinski definition) is 1. The predicted octanol–water partition coefficient (Wildman–Crippen LogP) is 3.61. The average Bonchev–Trinajstić information content (AvgIpc) is 2.68. The second kappa shape index (κ2) is 6.90. The molecule has 3 amide bonds. The predicted molar refractivity (Wildman–Crippen MR) is 82.6 cm³/mol. The van der Waals surface area contributed by atoms with Gasteiger partial charge in [-0.25, -0.2) is 9.18 Å². The molecule has 0 aliphatic carbocycles. The van der Waals surface area contributed by atoms with Gasteiger partial charge in [0.2, 0.25) is 0 Å². The molecule has 0 aromatic heterocycles. The molecule has 22 heavy (non-hydrogen) atoms. The summed E-state index contributed by atoms with van der Waals surface area (Å²) in [5, 5.41) is 2.79. The van der Waals surface area contributed by atoms with Crippen LogP contribution in [0.2, 0.25) is 0 Å². The quantitative estimate of drug-likeness (QED) is 0.618. The van der Waals surface area contributed by atoms with Gasteiger partial charge in [0.15, 0.2) is 0 Å². The number of imide groups is 1. The van der Waals surface area contributed by atoms with Gasteiger partial charge in [-0.05, 0) is 31.0 Å². The van der Waals surface area contributed by atoms with Crippen molar-refractivity contribution in [2.75, 3.05) is 0 Å². The Balaban J connectivity index is 2.01. The van der Waals surface area contributed by atoms with Crippen LogP contribution in [0, 0.1) is 5.82 Å². The third-order valence-electron chi connectivity index (χ3n) is 4.11. The minimum absolute atomic E-state index is 0.104. The van der Waals surface area contributed by atoms with Crippen LogP contribution in [0.4, 0.5) is 9.18 Å². The molecule has 0 bridgehead atoms. The molecule has 5 heteroatoms. The highest BCUT2D eigenvalue weighted by atomic mass is 19.1. The van der Waals surface area contributed by atoms with E-state index in [9.17, 15) is 14.0 Å². The molecule has 0 saturated carbocycles. The summed E-state index contributed by atoms with van der Waals surface area (Å²) in [6.45, 7) is 4.00. The van der Waals surface area contributed by atoms with Crippen LogP contribution in [0.25, 0.3) is 0 Å². The summed E-state index contributed by atoms with van der Waals surface area (Å²) in [4.78, 5) is 25.8. The van der Waals surface area contributed by atoms with Gasteiger partial charge in [-0.15, -0.1) is 0 Å². The Hall–Kier alpha value is -1.91. The molecule has 4 nitrogen and oxygen atoms in total. The lowest BCUT2D eigenvalue weighted by molar-refractivity contribution is -0.131. The van der Waals surface area contributed by atoms with E-state index in [4.69, 9.17) is 0 Å². The number of rotatable bonds is 7. The van der Waals surface area contributed by atoms with E-state index in [1.54, 1.807) is 19.1 Å². The number of carbonyl (C=O) groups excluding carboxylic acids is 2. The lowest BCUT2D eigenvalue weighted by atomic mass is 9.94. The van der Waals surface area contributed by atoms with E-state index in [-0.39, 0.29) is 18.3 Å². The number of nitrogens with zero attached hydrogens (tertiary/aromatic N) is 1. The number of amides is 3. The second-order valence-electron chi connectivity index (χ2n) is 6.09. The van der Waals surface area contributed by atoms with E-state index < -0.39 is 11.6 Å². The minimum Gasteiger partial charge on any atom is -0.323 e. The van der Waals surface area contributed by atoms with Crippen molar-refractivity contribution in [1.29, 1.82) is 0 Å². The maximum absolute atomic E-state index is 13.2. The summed E-state index contributed by atoms with van der Waals surface area (Å²) in [7, 11) is 0. The Morgan fingerprint density at radius 1 is 1.23 bits per heavy atom. The maximum Gasteiger partial charge on any atom is 0.325 e. The molecule has 1 aliphatic rings. The van der Waals surface area contributed by atoms with Gasteiger partial charge in [0, 0.05) is 0 Å². The van der Waals surface area contributed by atoms with Crippen LogP contribution in [-0.4, -0.2) is 22.4 Å². The van der Waals surface area contributed by atoms with E-state index in [0.717, 1.165) is 25.7 Å². The van der Waals surface area contributed by atoms with Crippen molar-refractivity contribution in [3.8, 4) is 0 Å². The standard InChI is InChI=1S/C17H23FN2O2/c1-3-4-5-6-10-17(2)15(21)20(16(22)19-17)12-13-8-7-9-14(18)11-13/h7-9,11H,3-6,10,12H2,1-2H3,(H,19,22). The van der Waals surface area contributed by atoms with Crippen molar-refractivity contribution < 1.29 is 14.0 Å². The third-order valence-corrected chi connectivity index (χ3v) is 4.11. The highest BCUT2D eigenvalue weighted by Gasteiger charge is 2.46. The van der Waals surface area contributed by atoms with Crippen LogP contribution in [0.5, 0.6) is 0 Å². The van der Waals surface area contributed by atoms with Crippen molar-refractivity contribution in [3.63, 3.8) is 0 Å². The van der Waals surface area contributed by atoms with Gasteiger partial charge in [-0.3, -0.25) is 9.69 Å². The molecule has 1 aromatic carbocycles. The molecule has 2 rings (SSSR count). The largest absolute Gasteiger partial charge is 0.325 e. The highest BCUT2D eigenvalue weighted by molar-refractivity contribution is 6.06. The van der Waals surface area contributed by atoms with E-state index >= 15 is 0 Å². The van der Waals surface area contributed by atoms with Crippen molar-refractivity contribution in [2.24, 2.45) is 0 Å². The fraction of sp³-hybridized carbons (Fsp3) is 0.529. The van der Waals surface area contributed by atoms with E-state index in [2.05, 4.69) is 12.2 Å². The first-order valence-corrected chi connectivity index (χ1v) is 7.85. The molecule has 1 saturated heterocycles. The number of carbonyl (C=O) groups is 2. The van der Waals surface area contributed by atoms with Gasteiger partial charge < -0.3 is 5.32 Å². The van der Waals surface area contributed by atoms with Crippen molar-refractivity contribution >= 4 is 11.9 Å². The summed E-state index contributed by atoms with van der Waals surface area (Å²) in [5.74, 6) is -0.592. The second-order valence-corrected chi connectivity index (χ2v) is 6.09. The molecule has 1 unspecified atom stereocenters. The van der Waals surface area contributed by atoms with Gasteiger partial charge in [-0.2, -0.15) is 0 Å². The lowest BCUT2D eigenvalue weighted by Crippen LogP contribution is -2.43. The van der Waals surface area contributed by atoms with Crippen LogP contribution in [-0.2, 0) is 11.3 Å². The number of hydrogen-bond acceptors (Lipinski definition) is 2. The molecule has 0 radical (unpaired) electrons. The van der Waals surface area contributed by atoms with Gasteiger partial charge >= 0.3 is 6.03 Å². The van der Waals surface area contributed by atoms with E-state index in [1.165, 1.54) is 17.0 Å². The zero-order chi connectivity index (χ0) is 16.2. The Labute approximate surface area is 130 Å². The normalized spacial score (nSPS) is 21.3. The summed E-state index contributed by atoms with van der Waals surface area (Å²) in [6, 6.07) is 5.57. The number of nitrogens with one attached hydrogen (secondary N) is 1. The maximum atomic E-state index is 13.2. The molecular weight excluding hydrogens is 283 g/mol. The Morgan fingerprint density at radius 2 is 2.00 bits per heavy atom. The van der Waals surface area contributed by atoms with Gasteiger partial charge in [0.05, 0.1) is 6.54 Å². The van der Waals surface area contributed by atoms with Crippen molar-refractivity contribution in [3.05, 3.63) is 35.6 Å².